The molecule has 1 heterocycles. The van der Waals surface area contributed by atoms with E-state index in [1.54, 1.807) is 24.3 Å². The highest BCUT2D eigenvalue weighted by Gasteiger charge is 2.61. The first kappa shape index (κ1) is 41.6. The number of carbonyl (C=O) groups excluding carboxylic acids is 2. The first-order valence-corrected chi connectivity index (χ1v) is 28.1. The van der Waals surface area contributed by atoms with Crippen molar-refractivity contribution in [2.24, 2.45) is 0 Å². The third-order valence-corrected chi connectivity index (χ3v) is 29.8. The van der Waals surface area contributed by atoms with E-state index in [4.69, 9.17) is 18.3 Å². The van der Waals surface area contributed by atoms with Gasteiger partial charge in [0.2, 0.25) is 0 Å². The van der Waals surface area contributed by atoms with Crippen LogP contribution in [0.15, 0.2) is 48.5 Å². The SMILES string of the molecule is CC(C)(O)C(=O)c1ccc(C(OCCOCCCC2([Si](C)(O[Si](C)(C)C)[Si](C)(C)C)CCCCO2)c2ccc(C(=O)C(C)(C)O)cc2)cc1. The number of Topliss-reactive ketones (excluding diaryl/α,β-unsaturated/α-hetero) is 2. The molecule has 11 heteroatoms. The van der Waals surface area contributed by atoms with Crippen molar-refractivity contribution in [1.82, 2.24) is 0 Å². The molecule has 0 aliphatic carbocycles. The molecule has 0 amide bonds. The molecular formula is C38H62O8Si3. The zero-order valence-electron chi connectivity index (χ0n) is 31.9. The van der Waals surface area contributed by atoms with Crippen LogP contribution in [0.3, 0.4) is 0 Å². The first-order chi connectivity index (χ1) is 22.5. The van der Waals surface area contributed by atoms with Gasteiger partial charge in [0.05, 0.1) is 26.0 Å². The smallest absolute Gasteiger partial charge is 0.195 e. The van der Waals surface area contributed by atoms with Gasteiger partial charge in [-0.2, -0.15) is 0 Å². The van der Waals surface area contributed by atoms with E-state index in [-0.39, 0.29) is 16.8 Å². The summed E-state index contributed by atoms with van der Waals surface area (Å²) in [6, 6.07) is 14.1. The summed E-state index contributed by atoms with van der Waals surface area (Å²) in [6.07, 6.45) is 4.70. The number of ketones is 2. The Morgan fingerprint density at radius 1 is 0.776 bits per heavy atom. The molecule has 0 spiro atoms. The zero-order chi connectivity index (χ0) is 36.9. The van der Waals surface area contributed by atoms with Crippen LogP contribution in [0.4, 0.5) is 0 Å². The number of carbonyl (C=O) groups is 2. The Hall–Kier alpha value is -1.81. The summed E-state index contributed by atoms with van der Waals surface area (Å²) in [7, 11) is -5.68. The fraction of sp³-hybridized carbons (Fsp3) is 0.632. The molecule has 0 saturated carbocycles. The van der Waals surface area contributed by atoms with Crippen molar-refractivity contribution in [3.63, 3.8) is 0 Å². The number of aliphatic hydroxyl groups is 2. The van der Waals surface area contributed by atoms with E-state index in [2.05, 4.69) is 45.8 Å². The fourth-order valence-corrected chi connectivity index (χ4v) is 27.2. The molecule has 1 aliphatic rings. The highest BCUT2D eigenvalue weighted by Crippen LogP contribution is 2.44. The predicted octanol–water partition coefficient (Wildman–Crippen LogP) is 7.82. The van der Waals surface area contributed by atoms with Crippen LogP contribution in [0.2, 0.25) is 45.8 Å². The van der Waals surface area contributed by atoms with Gasteiger partial charge in [-0.05, 0) is 97.1 Å². The van der Waals surface area contributed by atoms with E-state index in [9.17, 15) is 19.8 Å². The summed E-state index contributed by atoms with van der Waals surface area (Å²) in [5, 5.41) is 20.2. The summed E-state index contributed by atoms with van der Waals surface area (Å²) < 4.78 is 26.5. The molecule has 2 aromatic rings. The highest BCUT2D eigenvalue weighted by atomic mass is 29.3. The molecule has 1 aliphatic heterocycles. The lowest BCUT2D eigenvalue weighted by Gasteiger charge is -2.56. The predicted molar refractivity (Wildman–Crippen MR) is 204 cm³/mol. The molecule has 0 aromatic heterocycles. The van der Waals surface area contributed by atoms with Crippen molar-refractivity contribution in [1.29, 1.82) is 0 Å². The normalized spacial score (nSPS) is 19.1. The van der Waals surface area contributed by atoms with Crippen LogP contribution in [0, 0.1) is 0 Å². The van der Waals surface area contributed by atoms with Gasteiger partial charge in [0.25, 0.3) is 0 Å². The maximum atomic E-state index is 12.6. The largest absolute Gasteiger partial charge is 0.456 e. The second kappa shape index (κ2) is 16.2. The third kappa shape index (κ3) is 10.8. The molecule has 1 fully saturated rings. The number of ether oxygens (including phenoxy) is 3. The van der Waals surface area contributed by atoms with E-state index >= 15 is 0 Å². The van der Waals surface area contributed by atoms with Crippen LogP contribution in [-0.4, -0.2) is 88.4 Å². The van der Waals surface area contributed by atoms with E-state index in [1.807, 2.05) is 24.3 Å². The van der Waals surface area contributed by atoms with Gasteiger partial charge >= 0.3 is 0 Å². The van der Waals surface area contributed by atoms with Gasteiger partial charge in [-0.3, -0.25) is 9.59 Å². The van der Waals surface area contributed by atoms with Gasteiger partial charge in [0.15, 0.2) is 27.7 Å². The molecule has 0 bridgehead atoms. The minimum Gasteiger partial charge on any atom is -0.456 e. The number of rotatable bonds is 18. The Morgan fingerprint density at radius 3 is 1.65 bits per heavy atom. The summed E-state index contributed by atoms with van der Waals surface area (Å²) in [6.45, 7) is 24.8. The lowest BCUT2D eigenvalue weighted by molar-refractivity contribution is -0.0440. The lowest BCUT2D eigenvalue weighted by atomic mass is 9.92. The highest BCUT2D eigenvalue weighted by molar-refractivity contribution is 7.40. The minimum atomic E-state index is -2.22. The van der Waals surface area contributed by atoms with Gasteiger partial charge in [-0.1, -0.05) is 68.2 Å². The van der Waals surface area contributed by atoms with Crippen LogP contribution < -0.4 is 0 Å². The molecular weight excluding hydrogens is 669 g/mol. The number of hydrogen-bond acceptors (Lipinski definition) is 8. The lowest BCUT2D eigenvalue weighted by Crippen LogP contribution is -2.75. The Bertz CT molecular complexity index is 1310. The van der Waals surface area contributed by atoms with Crippen molar-refractivity contribution in [3.05, 3.63) is 70.8 Å². The molecule has 274 valence electrons. The second-order valence-electron chi connectivity index (χ2n) is 16.8. The summed E-state index contributed by atoms with van der Waals surface area (Å²) >= 11 is 0. The van der Waals surface area contributed by atoms with Crippen LogP contribution in [0.25, 0.3) is 0 Å². The van der Waals surface area contributed by atoms with Crippen molar-refractivity contribution >= 4 is 35.3 Å². The van der Waals surface area contributed by atoms with Crippen molar-refractivity contribution in [2.45, 2.75) is 128 Å². The van der Waals surface area contributed by atoms with Crippen molar-refractivity contribution < 1.29 is 38.1 Å². The number of hydrogen-bond donors (Lipinski definition) is 2. The molecule has 2 aromatic carbocycles. The summed E-state index contributed by atoms with van der Waals surface area (Å²) in [4.78, 5) is 25.2. The first-order valence-electron chi connectivity index (χ1n) is 17.8. The van der Waals surface area contributed by atoms with E-state index in [0.717, 1.165) is 43.4 Å². The van der Waals surface area contributed by atoms with Crippen LogP contribution in [0.1, 0.15) is 97.7 Å². The van der Waals surface area contributed by atoms with Gasteiger partial charge in [-0.15, -0.1) is 0 Å². The summed E-state index contributed by atoms with van der Waals surface area (Å²) in [5.74, 6) is -0.723. The quantitative estimate of drug-likeness (QED) is 0.0908. The average Bonchev–Trinajstić information content (AvgIpc) is 3.00. The van der Waals surface area contributed by atoms with E-state index in [1.165, 1.54) is 34.1 Å². The van der Waals surface area contributed by atoms with E-state index in [0.29, 0.717) is 30.9 Å². The fourth-order valence-electron chi connectivity index (χ4n) is 6.70. The summed E-state index contributed by atoms with van der Waals surface area (Å²) in [5.41, 5.74) is -0.485. The Morgan fingerprint density at radius 2 is 1.27 bits per heavy atom. The van der Waals surface area contributed by atoms with Crippen molar-refractivity contribution in [2.75, 3.05) is 26.4 Å². The standard InChI is InChI=1S/C38H62O8Si3/c1-36(2,41)34(39)31-19-15-29(16-20-31)33(30-17-21-32(22-18-30)35(40)37(3,4)42)44-28-27-43-25-14-24-38(23-12-13-26-45-38)49(11,48(8,9)10)46-47(5,6)7/h15-22,33,41-42H,12-14,23-28H2,1-11H3. The molecule has 3 rings (SSSR count). The second-order valence-corrected chi connectivity index (χ2v) is 36.7. The monoisotopic (exact) mass is 730 g/mol. The van der Waals surface area contributed by atoms with Crippen LogP contribution in [0.5, 0.6) is 0 Å². The topological polar surface area (TPSA) is 112 Å². The Labute approximate surface area is 298 Å². The van der Waals surface area contributed by atoms with Crippen LogP contribution >= 0.6 is 0 Å². The number of benzene rings is 2. The molecule has 2 atom stereocenters. The molecule has 49 heavy (non-hydrogen) atoms. The molecule has 2 N–H and O–H groups in total. The third-order valence-electron chi connectivity index (χ3n) is 9.61. The average molecular weight is 731 g/mol. The molecule has 0 radical (unpaired) electrons. The van der Waals surface area contributed by atoms with Gasteiger partial charge < -0.3 is 28.5 Å². The minimum absolute atomic E-state index is 0.182. The molecule has 1 saturated heterocycles. The van der Waals surface area contributed by atoms with Crippen molar-refractivity contribution in [3.8, 4) is 0 Å². The van der Waals surface area contributed by atoms with E-state index < -0.39 is 41.0 Å². The zero-order valence-corrected chi connectivity index (χ0v) is 34.9. The van der Waals surface area contributed by atoms with Gasteiger partial charge in [-0.25, -0.2) is 0 Å². The molecule has 2 unspecified atom stereocenters. The maximum absolute atomic E-state index is 12.6. The Kier molecular flexibility index (Phi) is 13.8. The van der Waals surface area contributed by atoms with Crippen LogP contribution in [-0.2, 0) is 18.3 Å². The van der Waals surface area contributed by atoms with Gasteiger partial charge in [0.1, 0.15) is 17.3 Å². The Balaban J connectivity index is 1.70. The van der Waals surface area contributed by atoms with Gasteiger partial charge in [0, 0.05) is 24.3 Å². The maximum Gasteiger partial charge on any atom is 0.195 e. The molecule has 8 nitrogen and oxygen atoms in total.